The van der Waals surface area contributed by atoms with E-state index in [0.717, 1.165) is 11.3 Å². The molecule has 0 bridgehead atoms. The van der Waals surface area contributed by atoms with Crippen molar-refractivity contribution < 1.29 is 0 Å². The van der Waals surface area contributed by atoms with E-state index < -0.39 is 0 Å². The average Bonchev–Trinajstić information content (AvgIpc) is 2.20. The zero-order valence-electron chi connectivity index (χ0n) is 12.3. The summed E-state index contributed by atoms with van der Waals surface area (Å²) in [6.07, 6.45) is 5.37. The molecule has 0 amide bonds. The molecule has 0 radical (unpaired) electrons. The van der Waals surface area contributed by atoms with Gasteiger partial charge in [0.2, 0.25) is 0 Å². The minimum absolute atomic E-state index is 0.0680. The maximum absolute atomic E-state index is 2.80. The Labute approximate surface area is 105 Å². The van der Waals surface area contributed by atoms with Gasteiger partial charge in [0.1, 0.15) is 0 Å². The van der Waals surface area contributed by atoms with Gasteiger partial charge in [-0.1, -0.05) is 54.4 Å². The van der Waals surface area contributed by atoms with Gasteiger partial charge >= 0.3 is 0 Å². The molecule has 0 saturated heterocycles. The third-order valence-corrected chi connectivity index (χ3v) is 6.09. The van der Waals surface area contributed by atoms with E-state index in [4.69, 9.17) is 0 Å². The van der Waals surface area contributed by atoms with Gasteiger partial charge in [0.15, 0.2) is 0 Å². The first-order chi connectivity index (χ1) is 7.54. The first-order valence-electron chi connectivity index (χ1n) is 7.07. The minimum Gasteiger partial charge on any atom is -0.282 e. The normalized spacial score (nSPS) is 12.4. The van der Waals surface area contributed by atoms with E-state index in [1.54, 1.807) is 0 Å². The highest BCUT2D eigenvalue weighted by molar-refractivity contribution is 7.56. The second kappa shape index (κ2) is 9.42. The van der Waals surface area contributed by atoms with E-state index in [9.17, 15) is 0 Å². The van der Waals surface area contributed by atoms with Crippen molar-refractivity contribution in [2.75, 3.05) is 13.1 Å². The van der Waals surface area contributed by atoms with E-state index in [0.29, 0.717) is 0 Å². The molecule has 0 spiro atoms. The van der Waals surface area contributed by atoms with Crippen molar-refractivity contribution in [3.63, 3.8) is 0 Å². The van der Waals surface area contributed by atoms with Crippen LogP contribution in [-0.2, 0) is 0 Å². The maximum atomic E-state index is 2.80. The molecule has 2 heteroatoms. The summed E-state index contributed by atoms with van der Waals surface area (Å²) in [5.41, 5.74) is 1.67. The van der Waals surface area contributed by atoms with Crippen LogP contribution in [0.2, 0.25) is 0 Å². The number of unbranched alkanes of at least 4 members (excludes halogenated alkanes) is 2. The summed E-state index contributed by atoms with van der Waals surface area (Å²) >= 11 is 0. The van der Waals surface area contributed by atoms with Gasteiger partial charge in [-0.2, -0.15) is 0 Å². The molecule has 0 aromatic heterocycles. The average molecular weight is 245 g/mol. The van der Waals surface area contributed by atoms with Crippen LogP contribution in [0.25, 0.3) is 0 Å². The molecule has 0 saturated carbocycles. The van der Waals surface area contributed by atoms with Crippen LogP contribution in [0.15, 0.2) is 0 Å². The smallest absolute Gasteiger partial charge is 0.00210 e. The molecule has 0 atom stereocenters. The third kappa shape index (κ3) is 6.21. The lowest BCUT2D eigenvalue weighted by Crippen LogP contribution is -2.27. The Hall–Kier alpha value is 0.390. The molecule has 0 aromatic rings. The third-order valence-electron chi connectivity index (χ3n) is 2.92. The van der Waals surface area contributed by atoms with Crippen LogP contribution in [0.5, 0.6) is 0 Å². The van der Waals surface area contributed by atoms with Crippen LogP contribution in [0.1, 0.15) is 67.2 Å². The molecule has 0 aliphatic rings. The molecule has 0 rings (SSSR count). The Morgan fingerprint density at radius 1 is 0.812 bits per heavy atom. The summed E-state index contributed by atoms with van der Waals surface area (Å²) in [6.45, 7) is 16.8. The van der Waals surface area contributed by atoms with Crippen LogP contribution in [-0.4, -0.2) is 29.1 Å². The Bertz CT molecular complexity index is 141. The fourth-order valence-corrected chi connectivity index (χ4v) is 5.52. The largest absolute Gasteiger partial charge is 0.282 e. The molecule has 0 heterocycles. The summed E-state index contributed by atoms with van der Waals surface area (Å²) in [4.78, 5) is 0. The van der Waals surface area contributed by atoms with Gasteiger partial charge in [-0.25, -0.2) is 0 Å². The monoisotopic (exact) mass is 245 g/mol. The molecular formula is C14H32NP. The van der Waals surface area contributed by atoms with Gasteiger partial charge in [0.05, 0.1) is 0 Å². The zero-order valence-corrected chi connectivity index (χ0v) is 13.2. The predicted octanol–water partition coefficient (Wildman–Crippen LogP) is 5.10. The maximum Gasteiger partial charge on any atom is 0.00210 e. The molecule has 0 N–H and O–H groups in total. The van der Waals surface area contributed by atoms with E-state index >= 15 is 0 Å². The molecule has 0 aliphatic heterocycles. The summed E-state index contributed by atoms with van der Waals surface area (Å²) < 4.78 is 2.80. The van der Waals surface area contributed by atoms with Crippen molar-refractivity contribution in [3.05, 3.63) is 0 Å². The van der Waals surface area contributed by atoms with E-state index in [1.165, 1.54) is 38.8 Å². The molecule has 98 valence electrons. The summed E-state index contributed by atoms with van der Waals surface area (Å²) in [7, 11) is 0.0680. The quantitative estimate of drug-likeness (QED) is 0.511. The Balaban J connectivity index is 4.40. The van der Waals surface area contributed by atoms with E-state index in [-0.39, 0.29) is 8.07 Å². The Kier molecular flexibility index (Phi) is 9.65. The topological polar surface area (TPSA) is 3.24 Å². The van der Waals surface area contributed by atoms with Crippen LogP contribution in [0.4, 0.5) is 0 Å². The summed E-state index contributed by atoms with van der Waals surface area (Å²) in [6, 6.07) is 0. The van der Waals surface area contributed by atoms with E-state index in [2.05, 4.69) is 46.2 Å². The molecule has 0 aromatic carbocycles. The van der Waals surface area contributed by atoms with Gasteiger partial charge in [0, 0.05) is 13.1 Å². The van der Waals surface area contributed by atoms with Gasteiger partial charge in [0.25, 0.3) is 0 Å². The van der Waals surface area contributed by atoms with Crippen LogP contribution < -0.4 is 0 Å². The second-order valence-corrected chi connectivity index (χ2v) is 8.62. The Morgan fingerprint density at radius 2 is 1.19 bits per heavy atom. The van der Waals surface area contributed by atoms with Gasteiger partial charge < -0.3 is 0 Å². The molecule has 0 aliphatic carbocycles. The van der Waals surface area contributed by atoms with Crippen molar-refractivity contribution in [1.82, 2.24) is 4.67 Å². The van der Waals surface area contributed by atoms with Gasteiger partial charge in [-0.3, -0.25) is 4.67 Å². The number of hydrogen-bond donors (Lipinski definition) is 0. The van der Waals surface area contributed by atoms with Crippen molar-refractivity contribution in [1.29, 1.82) is 0 Å². The molecule has 0 unspecified atom stereocenters. The SMILES string of the molecule is CCCCN(CCCC)P(C(C)C)C(C)C. The fourth-order valence-electron chi connectivity index (χ4n) is 2.27. The second-order valence-electron chi connectivity index (χ2n) is 5.23. The van der Waals surface area contributed by atoms with Crippen molar-refractivity contribution in [2.45, 2.75) is 78.5 Å². The highest BCUT2D eigenvalue weighted by atomic mass is 31.1. The lowest BCUT2D eigenvalue weighted by atomic mass is 10.3. The summed E-state index contributed by atoms with van der Waals surface area (Å²) in [5, 5.41) is 0. The first kappa shape index (κ1) is 16.4. The van der Waals surface area contributed by atoms with Crippen LogP contribution in [0, 0.1) is 0 Å². The molecule has 16 heavy (non-hydrogen) atoms. The highest BCUT2D eigenvalue weighted by Crippen LogP contribution is 2.49. The minimum atomic E-state index is 0.0680. The number of hydrogen-bond acceptors (Lipinski definition) is 1. The predicted molar refractivity (Wildman–Crippen MR) is 78.6 cm³/mol. The standard InChI is InChI=1S/C14H32NP/c1-7-9-11-15(12-10-8-2)16(13(3)4)14(5)6/h13-14H,7-12H2,1-6H3. The van der Waals surface area contributed by atoms with Crippen LogP contribution >= 0.6 is 8.07 Å². The van der Waals surface area contributed by atoms with Crippen molar-refractivity contribution >= 4 is 8.07 Å². The lowest BCUT2D eigenvalue weighted by Gasteiger charge is -2.37. The number of rotatable bonds is 9. The lowest BCUT2D eigenvalue weighted by molar-refractivity contribution is 0.423. The Morgan fingerprint density at radius 3 is 1.44 bits per heavy atom. The van der Waals surface area contributed by atoms with Crippen molar-refractivity contribution in [3.8, 4) is 0 Å². The molecular weight excluding hydrogens is 213 g/mol. The highest BCUT2D eigenvalue weighted by Gasteiger charge is 2.23. The van der Waals surface area contributed by atoms with Gasteiger partial charge in [-0.15, -0.1) is 0 Å². The molecule has 1 nitrogen and oxygen atoms in total. The van der Waals surface area contributed by atoms with E-state index in [1.807, 2.05) is 0 Å². The summed E-state index contributed by atoms with van der Waals surface area (Å²) in [5.74, 6) is 0. The zero-order chi connectivity index (χ0) is 12.6. The first-order valence-corrected chi connectivity index (χ1v) is 8.51. The van der Waals surface area contributed by atoms with Crippen molar-refractivity contribution in [2.24, 2.45) is 0 Å². The van der Waals surface area contributed by atoms with Crippen LogP contribution in [0.3, 0.4) is 0 Å². The fraction of sp³-hybridized carbons (Fsp3) is 1.00. The molecule has 0 fully saturated rings. The number of nitrogens with zero attached hydrogens (tertiary/aromatic N) is 1. The van der Waals surface area contributed by atoms with Gasteiger partial charge in [-0.05, 0) is 32.2 Å².